The summed E-state index contributed by atoms with van der Waals surface area (Å²) in [5.74, 6) is 0.238. The van der Waals surface area contributed by atoms with Gasteiger partial charge < -0.3 is 10.6 Å². The summed E-state index contributed by atoms with van der Waals surface area (Å²) in [5, 5.41) is 6.05. The van der Waals surface area contributed by atoms with Crippen molar-refractivity contribution < 1.29 is 4.79 Å². The van der Waals surface area contributed by atoms with Crippen LogP contribution in [0.15, 0.2) is 0 Å². The smallest absolute Gasteiger partial charge is 0.219 e. The maximum Gasteiger partial charge on any atom is 0.219 e. The second-order valence-corrected chi connectivity index (χ2v) is 8.01. The summed E-state index contributed by atoms with van der Waals surface area (Å²) in [6.45, 7) is 11.6. The van der Waals surface area contributed by atoms with Gasteiger partial charge in [-0.3, -0.25) is 4.79 Å². The molecule has 0 aliphatic rings. The van der Waals surface area contributed by atoms with E-state index in [9.17, 15) is 4.79 Å². The lowest BCUT2D eigenvalue weighted by atomic mass is 10.0. The van der Waals surface area contributed by atoms with Crippen molar-refractivity contribution in [3.8, 4) is 0 Å². The average molecular weight is 399 g/mol. The molecular weight excluding hydrogens is 344 g/mol. The van der Waals surface area contributed by atoms with Gasteiger partial charge in [0, 0.05) is 13.0 Å². The second kappa shape index (κ2) is 28.6. The average Bonchev–Trinajstić information content (AvgIpc) is 2.70. The van der Waals surface area contributed by atoms with E-state index in [1.54, 1.807) is 0 Å². The van der Waals surface area contributed by atoms with Gasteiger partial charge in [0.15, 0.2) is 0 Å². The maximum absolute atomic E-state index is 11.4. The monoisotopic (exact) mass is 398 g/mol. The molecule has 0 saturated carbocycles. The van der Waals surface area contributed by atoms with Crippen LogP contribution in [-0.4, -0.2) is 25.5 Å². The third-order valence-electron chi connectivity index (χ3n) is 5.08. The van der Waals surface area contributed by atoms with Gasteiger partial charge in [-0.1, -0.05) is 118 Å². The zero-order chi connectivity index (χ0) is 21.1. The molecule has 1 amide bonds. The highest BCUT2D eigenvalue weighted by Gasteiger charge is 1.99. The Hall–Kier alpha value is -0.570. The van der Waals surface area contributed by atoms with Gasteiger partial charge in [0.1, 0.15) is 0 Å². The van der Waals surface area contributed by atoms with E-state index in [4.69, 9.17) is 0 Å². The van der Waals surface area contributed by atoms with Crippen molar-refractivity contribution in [2.45, 2.75) is 137 Å². The summed E-state index contributed by atoms with van der Waals surface area (Å²) in [6, 6.07) is 0. The van der Waals surface area contributed by atoms with Crippen LogP contribution in [0.5, 0.6) is 0 Å². The topological polar surface area (TPSA) is 41.1 Å². The summed E-state index contributed by atoms with van der Waals surface area (Å²) in [6.07, 6.45) is 22.4. The maximum atomic E-state index is 11.4. The van der Waals surface area contributed by atoms with Crippen molar-refractivity contribution in [1.29, 1.82) is 0 Å². The predicted molar refractivity (Wildman–Crippen MR) is 127 cm³/mol. The zero-order valence-electron chi connectivity index (χ0n) is 20.1. The van der Waals surface area contributed by atoms with E-state index in [0.29, 0.717) is 0 Å². The molecule has 170 valence electrons. The third-order valence-corrected chi connectivity index (χ3v) is 5.08. The predicted octanol–water partition coefficient (Wildman–Crippen LogP) is 7.39. The molecule has 28 heavy (non-hydrogen) atoms. The minimum Gasteiger partial charge on any atom is -0.356 e. The number of carbonyl (C=O) groups is 1. The molecule has 0 heterocycles. The minimum absolute atomic E-state index is 0.238. The fourth-order valence-corrected chi connectivity index (χ4v) is 3.26. The van der Waals surface area contributed by atoms with Crippen molar-refractivity contribution in [3.05, 3.63) is 0 Å². The van der Waals surface area contributed by atoms with E-state index in [0.717, 1.165) is 38.9 Å². The fraction of sp³-hybridized carbons (Fsp3) is 0.960. The molecule has 0 unspecified atom stereocenters. The Morgan fingerprint density at radius 1 is 0.536 bits per heavy atom. The first-order chi connectivity index (χ1) is 13.7. The molecule has 0 aromatic rings. The molecule has 3 nitrogen and oxygen atoms in total. The van der Waals surface area contributed by atoms with E-state index in [-0.39, 0.29) is 5.91 Å². The van der Waals surface area contributed by atoms with E-state index >= 15 is 0 Å². The molecule has 0 aromatic carbocycles. The lowest BCUT2D eigenvalue weighted by molar-refractivity contribution is -0.121. The molecule has 3 heteroatoms. The van der Waals surface area contributed by atoms with E-state index in [1.807, 2.05) is 0 Å². The summed E-state index contributed by atoms with van der Waals surface area (Å²) in [7, 11) is 0. The first-order valence-corrected chi connectivity index (χ1v) is 12.7. The Kier molecular flexibility index (Phi) is 30.3. The Morgan fingerprint density at radius 2 is 0.929 bits per heavy atom. The number of nitrogens with one attached hydrogen (secondary N) is 2. The van der Waals surface area contributed by atoms with Crippen molar-refractivity contribution >= 4 is 5.91 Å². The van der Waals surface area contributed by atoms with Gasteiger partial charge in [0.25, 0.3) is 0 Å². The van der Waals surface area contributed by atoms with Crippen molar-refractivity contribution in [2.75, 3.05) is 19.6 Å². The number of carbonyl (C=O) groups excluding carboxylic acids is 1. The number of rotatable bonds is 20. The first kappa shape index (κ1) is 29.6. The Bertz CT molecular complexity index is 280. The number of hydrogen-bond donors (Lipinski definition) is 2. The number of hydrogen-bond acceptors (Lipinski definition) is 2. The van der Waals surface area contributed by atoms with Crippen LogP contribution in [0.2, 0.25) is 0 Å². The molecule has 0 fully saturated rings. The summed E-state index contributed by atoms with van der Waals surface area (Å²) >= 11 is 0. The summed E-state index contributed by atoms with van der Waals surface area (Å²) in [5.41, 5.74) is 0. The quantitative estimate of drug-likeness (QED) is 0.210. The van der Waals surface area contributed by atoms with Gasteiger partial charge >= 0.3 is 0 Å². The fourth-order valence-electron chi connectivity index (χ4n) is 3.26. The number of unbranched alkanes of at least 4 members (excludes halogenated alkanes) is 14. The van der Waals surface area contributed by atoms with E-state index < -0.39 is 0 Å². The van der Waals surface area contributed by atoms with Gasteiger partial charge in [-0.25, -0.2) is 0 Å². The minimum atomic E-state index is 0.238. The van der Waals surface area contributed by atoms with E-state index in [2.05, 4.69) is 38.3 Å². The van der Waals surface area contributed by atoms with Crippen molar-refractivity contribution in [2.24, 2.45) is 0 Å². The molecule has 0 radical (unpaired) electrons. The molecule has 0 aliphatic carbocycles. The second-order valence-electron chi connectivity index (χ2n) is 8.01. The molecule has 0 saturated heterocycles. The lowest BCUT2D eigenvalue weighted by Crippen LogP contribution is -2.23. The van der Waals surface area contributed by atoms with Gasteiger partial charge in [-0.05, 0) is 25.9 Å². The van der Waals surface area contributed by atoms with Crippen LogP contribution in [-0.2, 0) is 4.79 Å². The van der Waals surface area contributed by atoms with Crippen molar-refractivity contribution in [3.63, 3.8) is 0 Å². The van der Waals surface area contributed by atoms with Crippen LogP contribution >= 0.6 is 0 Å². The van der Waals surface area contributed by atoms with Gasteiger partial charge in [-0.2, -0.15) is 0 Å². The highest BCUT2D eigenvalue weighted by molar-refractivity contribution is 5.75. The van der Waals surface area contributed by atoms with Crippen LogP contribution in [0.25, 0.3) is 0 Å². The highest BCUT2D eigenvalue weighted by atomic mass is 16.1. The van der Waals surface area contributed by atoms with Crippen LogP contribution in [0.3, 0.4) is 0 Å². The molecular formula is C25H54N2O. The first-order valence-electron chi connectivity index (χ1n) is 12.7. The van der Waals surface area contributed by atoms with E-state index in [1.165, 1.54) is 89.9 Å². The van der Waals surface area contributed by atoms with Crippen LogP contribution in [0.4, 0.5) is 0 Å². The number of amides is 1. The van der Waals surface area contributed by atoms with Gasteiger partial charge in [-0.15, -0.1) is 0 Å². The summed E-state index contributed by atoms with van der Waals surface area (Å²) in [4.78, 5) is 11.4. The van der Waals surface area contributed by atoms with Crippen LogP contribution in [0, 0.1) is 0 Å². The van der Waals surface area contributed by atoms with Gasteiger partial charge in [0.05, 0.1) is 0 Å². The Morgan fingerprint density at radius 3 is 1.25 bits per heavy atom. The molecule has 2 N–H and O–H groups in total. The normalized spacial score (nSPS) is 10.4. The molecule has 0 aliphatic heterocycles. The summed E-state index contributed by atoms with van der Waals surface area (Å²) < 4.78 is 0. The zero-order valence-corrected chi connectivity index (χ0v) is 20.1. The Labute approximate surface area is 178 Å². The molecule has 0 aromatic heterocycles. The molecule has 0 spiro atoms. The molecule has 0 atom stereocenters. The Balaban J connectivity index is 0. The van der Waals surface area contributed by atoms with Crippen LogP contribution < -0.4 is 10.6 Å². The standard InChI is InChI=1S/C21H43NO.C4H11N/c1-3-5-6-7-8-9-10-11-12-13-14-15-16-17-18-19-21(23)22-20-4-2;1-3-5-4-2/h3-20H2,1-2H3,(H,22,23);5H,3-4H2,1-2H3. The van der Waals surface area contributed by atoms with Gasteiger partial charge in [0.2, 0.25) is 5.91 Å². The highest BCUT2D eigenvalue weighted by Crippen LogP contribution is 2.13. The third kappa shape index (κ3) is 30.2. The van der Waals surface area contributed by atoms with Crippen molar-refractivity contribution in [1.82, 2.24) is 10.6 Å². The molecule has 0 bridgehead atoms. The largest absolute Gasteiger partial charge is 0.356 e. The van der Waals surface area contributed by atoms with Crippen LogP contribution in [0.1, 0.15) is 137 Å². The lowest BCUT2D eigenvalue weighted by Gasteiger charge is -2.04. The SMILES string of the molecule is CCCCCCCCCCCCCCCCCC(=O)NCCC.CCNCC. The molecule has 0 rings (SSSR count).